The summed E-state index contributed by atoms with van der Waals surface area (Å²) in [4.78, 5) is 4.68. The Morgan fingerprint density at radius 1 is 1.20 bits per heavy atom. The normalized spacial score (nSPS) is 11.4. The van der Waals surface area contributed by atoms with Gasteiger partial charge in [0.05, 0.1) is 5.52 Å². The Bertz CT molecular complexity index is 748. The zero-order valence-corrected chi connectivity index (χ0v) is 12.2. The van der Waals surface area contributed by atoms with Crippen LogP contribution in [-0.2, 0) is 5.88 Å². The molecule has 0 N–H and O–H groups in total. The number of nitrogens with zero attached hydrogens (tertiary/aromatic N) is 4. The van der Waals surface area contributed by atoms with Crippen LogP contribution in [0, 0.1) is 0 Å². The van der Waals surface area contributed by atoms with Gasteiger partial charge in [-0.3, -0.25) is 0 Å². The minimum absolute atomic E-state index is 0.340. The maximum absolute atomic E-state index is 5.98. The number of rotatable bonds is 3. The molecule has 3 rings (SSSR count). The molecule has 102 valence electrons. The molecule has 20 heavy (non-hydrogen) atoms. The fourth-order valence-electron chi connectivity index (χ4n) is 2.11. The van der Waals surface area contributed by atoms with Crippen molar-refractivity contribution in [1.82, 2.24) is 20.0 Å². The third-order valence-corrected chi connectivity index (χ3v) is 3.51. The SMILES string of the molecule is CC(C)c1cc(CCl)cc(-n2nnc3ccccc32)n1. The van der Waals surface area contributed by atoms with E-state index >= 15 is 0 Å². The summed E-state index contributed by atoms with van der Waals surface area (Å²) in [6.45, 7) is 4.23. The molecule has 4 nitrogen and oxygen atoms in total. The largest absolute Gasteiger partial charge is 0.233 e. The van der Waals surface area contributed by atoms with Crippen LogP contribution in [0.25, 0.3) is 16.9 Å². The van der Waals surface area contributed by atoms with E-state index in [9.17, 15) is 0 Å². The zero-order valence-electron chi connectivity index (χ0n) is 11.4. The average molecular weight is 287 g/mol. The Labute approximate surface area is 122 Å². The first-order valence-corrected chi connectivity index (χ1v) is 7.10. The molecule has 0 unspecified atom stereocenters. The molecular weight excluding hydrogens is 272 g/mol. The van der Waals surface area contributed by atoms with Gasteiger partial charge in [0.1, 0.15) is 5.52 Å². The van der Waals surface area contributed by atoms with E-state index in [1.54, 1.807) is 4.68 Å². The third kappa shape index (κ3) is 2.27. The maximum Gasteiger partial charge on any atom is 0.156 e. The Morgan fingerprint density at radius 2 is 2.00 bits per heavy atom. The lowest BCUT2D eigenvalue weighted by atomic mass is 10.1. The second-order valence-electron chi connectivity index (χ2n) is 5.04. The summed E-state index contributed by atoms with van der Waals surface area (Å²) in [5.74, 6) is 1.56. The summed E-state index contributed by atoms with van der Waals surface area (Å²) in [5.41, 5.74) is 3.86. The molecule has 0 fully saturated rings. The fraction of sp³-hybridized carbons (Fsp3) is 0.267. The summed E-state index contributed by atoms with van der Waals surface area (Å²) in [5, 5.41) is 8.37. The van der Waals surface area contributed by atoms with Crippen LogP contribution in [0.15, 0.2) is 36.4 Å². The van der Waals surface area contributed by atoms with Crippen LogP contribution in [0.5, 0.6) is 0 Å². The van der Waals surface area contributed by atoms with Crippen LogP contribution in [0.4, 0.5) is 0 Å². The van der Waals surface area contributed by atoms with Crippen molar-refractivity contribution in [1.29, 1.82) is 0 Å². The number of fused-ring (bicyclic) bond motifs is 1. The number of hydrogen-bond acceptors (Lipinski definition) is 3. The molecule has 2 heterocycles. The van der Waals surface area contributed by atoms with Gasteiger partial charge in [-0.2, -0.15) is 4.68 Å². The molecule has 0 saturated carbocycles. The fourth-order valence-corrected chi connectivity index (χ4v) is 2.27. The first kappa shape index (κ1) is 13.1. The second-order valence-corrected chi connectivity index (χ2v) is 5.30. The number of para-hydroxylation sites is 1. The molecule has 0 atom stereocenters. The molecule has 0 aliphatic rings. The van der Waals surface area contributed by atoms with Crippen LogP contribution in [0.2, 0.25) is 0 Å². The molecule has 0 spiro atoms. The van der Waals surface area contributed by atoms with E-state index in [0.29, 0.717) is 11.8 Å². The van der Waals surface area contributed by atoms with Crippen LogP contribution in [0.3, 0.4) is 0 Å². The Kier molecular flexibility index (Phi) is 3.40. The van der Waals surface area contributed by atoms with Crippen LogP contribution in [0.1, 0.15) is 31.0 Å². The number of pyridine rings is 1. The van der Waals surface area contributed by atoms with Crippen molar-refractivity contribution < 1.29 is 0 Å². The first-order valence-electron chi connectivity index (χ1n) is 6.56. The highest BCUT2D eigenvalue weighted by molar-refractivity contribution is 6.17. The van der Waals surface area contributed by atoms with Gasteiger partial charge in [-0.15, -0.1) is 16.7 Å². The Balaban J connectivity index is 2.20. The monoisotopic (exact) mass is 286 g/mol. The van der Waals surface area contributed by atoms with Gasteiger partial charge in [0.25, 0.3) is 0 Å². The van der Waals surface area contributed by atoms with Crippen molar-refractivity contribution in [2.24, 2.45) is 0 Å². The van der Waals surface area contributed by atoms with E-state index in [1.165, 1.54) is 0 Å². The Hall–Kier alpha value is -1.94. The molecule has 0 amide bonds. The number of aromatic nitrogens is 4. The highest BCUT2D eigenvalue weighted by atomic mass is 35.5. The van der Waals surface area contributed by atoms with Gasteiger partial charge in [0.2, 0.25) is 0 Å². The quantitative estimate of drug-likeness (QED) is 0.690. The lowest BCUT2D eigenvalue weighted by Gasteiger charge is -2.10. The van der Waals surface area contributed by atoms with E-state index in [2.05, 4.69) is 29.1 Å². The molecule has 0 radical (unpaired) electrons. The van der Waals surface area contributed by atoms with Crippen molar-refractivity contribution in [3.05, 3.63) is 47.7 Å². The summed E-state index contributed by atoms with van der Waals surface area (Å²) in [6.07, 6.45) is 0. The van der Waals surface area contributed by atoms with Gasteiger partial charge in [0.15, 0.2) is 5.82 Å². The summed E-state index contributed by atoms with van der Waals surface area (Å²) in [6, 6.07) is 11.8. The lowest BCUT2D eigenvalue weighted by molar-refractivity contribution is 0.764. The van der Waals surface area contributed by atoms with Gasteiger partial charge in [-0.25, -0.2) is 4.98 Å². The maximum atomic E-state index is 5.98. The van der Waals surface area contributed by atoms with Crippen molar-refractivity contribution in [2.75, 3.05) is 0 Å². The molecule has 0 bridgehead atoms. The van der Waals surface area contributed by atoms with Crippen LogP contribution >= 0.6 is 11.6 Å². The van der Waals surface area contributed by atoms with Crippen molar-refractivity contribution in [3.8, 4) is 5.82 Å². The molecule has 5 heteroatoms. The van der Waals surface area contributed by atoms with Crippen molar-refractivity contribution in [2.45, 2.75) is 25.6 Å². The molecule has 2 aromatic heterocycles. The van der Waals surface area contributed by atoms with Gasteiger partial charge in [0, 0.05) is 11.6 Å². The molecule has 0 saturated heterocycles. The number of alkyl halides is 1. The Morgan fingerprint density at radius 3 is 2.75 bits per heavy atom. The topological polar surface area (TPSA) is 43.6 Å². The van der Waals surface area contributed by atoms with E-state index in [1.807, 2.05) is 36.4 Å². The predicted molar refractivity (Wildman–Crippen MR) is 80.3 cm³/mol. The molecule has 0 aliphatic carbocycles. The number of halogens is 1. The zero-order chi connectivity index (χ0) is 14.1. The van der Waals surface area contributed by atoms with Crippen molar-refractivity contribution in [3.63, 3.8) is 0 Å². The number of hydrogen-bond donors (Lipinski definition) is 0. The van der Waals surface area contributed by atoms with Crippen LogP contribution < -0.4 is 0 Å². The average Bonchev–Trinajstić information content (AvgIpc) is 2.90. The van der Waals surface area contributed by atoms with E-state index in [4.69, 9.17) is 11.6 Å². The first-order chi connectivity index (χ1) is 9.69. The van der Waals surface area contributed by atoms with E-state index < -0.39 is 0 Å². The highest BCUT2D eigenvalue weighted by Gasteiger charge is 2.11. The second kappa shape index (κ2) is 5.21. The highest BCUT2D eigenvalue weighted by Crippen LogP contribution is 2.20. The molecule has 3 aromatic rings. The van der Waals surface area contributed by atoms with Gasteiger partial charge in [-0.05, 0) is 35.7 Å². The molecular formula is C15H15ClN4. The number of benzene rings is 1. The van der Waals surface area contributed by atoms with E-state index in [0.717, 1.165) is 28.1 Å². The molecule has 1 aromatic carbocycles. The summed E-state index contributed by atoms with van der Waals surface area (Å²) < 4.78 is 1.76. The third-order valence-electron chi connectivity index (χ3n) is 3.21. The smallest absolute Gasteiger partial charge is 0.156 e. The van der Waals surface area contributed by atoms with Gasteiger partial charge < -0.3 is 0 Å². The van der Waals surface area contributed by atoms with Crippen LogP contribution in [-0.4, -0.2) is 20.0 Å². The van der Waals surface area contributed by atoms with E-state index in [-0.39, 0.29) is 0 Å². The van der Waals surface area contributed by atoms with Crippen molar-refractivity contribution >= 4 is 22.6 Å². The predicted octanol–water partition coefficient (Wildman–Crippen LogP) is 3.68. The van der Waals surface area contributed by atoms with Gasteiger partial charge in [-0.1, -0.05) is 31.2 Å². The summed E-state index contributed by atoms with van der Waals surface area (Å²) in [7, 11) is 0. The minimum atomic E-state index is 0.340. The lowest BCUT2D eigenvalue weighted by Crippen LogP contribution is -2.04. The summed E-state index contributed by atoms with van der Waals surface area (Å²) >= 11 is 5.98. The molecule has 0 aliphatic heterocycles. The van der Waals surface area contributed by atoms with Gasteiger partial charge >= 0.3 is 0 Å². The minimum Gasteiger partial charge on any atom is -0.233 e. The standard InChI is InChI=1S/C15H15ClN4/c1-10(2)13-7-11(9-16)8-15(17-13)20-14-6-4-3-5-12(14)18-19-20/h3-8,10H,9H2,1-2H3.